The Morgan fingerprint density at radius 3 is 2.56 bits per heavy atom. The summed E-state index contributed by atoms with van der Waals surface area (Å²) in [5.74, 6) is -1.04. The molecule has 13 heteroatoms. The van der Waals surface area contributed by atoms with Crippen LogP contribution in [0.25, 0.3) is 0 Å². The van der Waals surface area contributed by atoms with Crippen LogP contribution in [0.2, 0.25) is 0 Å². The summed E-state index contributed by atoms with van der Waals surface area (Å²) in [6.45, 7) is 1.30. The van der Waals surface area contributed by atoms with E-state index in [1.54, 1.807) is 0 Å². The number of imide groups is 1. The van der Waals surface area contributed by atoms with Crippen molar-refractivity contribution in [2.24, 2.45) is 0 Å². The molecule has 3 aliphatic rings. The Morgan fingerprint density at radius 2 is 1.91 bits per heavy atom. The van der Waals surface area contributed by atoms with Crippen LogP contribution in [0, 0.1) is 0 Å². The zero-order valence-corrected chi connectivity index (χ0v) is 19.0. The summed E-state index contributed by atoms with van der Waals surface area (Å²) < 4.78 is 31.8. The highest BCUT2D eigenvalue weighted by Crippen LogP contribution is 2.33. The predicted octanol–water partition coefficient (Wildman–Crippen LogP) is 0.481. The van der Waals surface area contributed by atoms with Crippen molar-refractivity contribution in [1.82, 2.24) is 25.0 Å². The van der Waals surface area contributed by atoms with Gasteiger partial charge in [-0.2, -0.15) is 9.31 Å². The van der Waals surface area contributed by atoms with E-state index in [0.717, 1.165) is 36.0 Å². The Labute approximate surface area is 190 Å². The number of amides is 4. The quantitative estimate of drug-likeness (QED) is 0.440. The Kier molecular flexibility index (Phi) is 6.70. The molecule has 2 saturated heterocycles. The van der Waals surface area contributed by atoms with Gasteiger partial charge in [0.1, 0.15) is 10.4 Å². The number of rotatable bonds is 6. The third-order valence-corrected chi connectivity index (χ3v) is 8.60. The molecule has 0 radical (unpaired) electrons. The number of nitrogens with one attached hydrogen (secondary N) is 2. The number of morpholine rings is 1. The number of thioether (sulfide) groups is 1. The summed E-state index contributed by atoms with van der Waals surface area (Å²) >= 11 is 1.08. The first-order valence-corrected chi connectivity index (χ1v) is 12.9. The first-order chi connectivity index (χ1) is 15.3. The van der Waals surface area contributed by atoms with E-state index in [1.165, 1.54) is 22.6 Å². The van der Waals surface area contributed by atoms with E-state index in [-0.39, 0.29) is 10.6 Å². The first-order valence-electron chi connectivity index (χ1n) is 10.4. The molecule has 1 saturated carbocycles. The monoisotopic (exact) mass is 483 g/mol. The van der Waals surface area contributed by atoms with Crippen LogP contribution in [0.15, 0.2) is 28.3 Å². The maximum Gasteiger partial charge on any atom is 0.344 e. The van der Waals surface area contributed by atoms with E-state index >= 15 is 0 Å². The predicted molar refractivity (Wildman–Crippen MR) is 114 cm³/mol. The van der Waals surface area contributed by atoms with Gasteiger partial charge in [-0.05, 0) is 25.0 Å². The summed E-state index contributed by atoms with van der Waals surface area (Å²) in [6, 6.07) is 2.35. The molecule has 1 aliphatic carbocycles. The van der Waals surface area contributed by atoms with Crippen LogP contribution in [0.4, 0.5) is 4.79 Å². The standard InChI is InChI=1S/C19H25N5O6S2/c25-15(22-24-17(26)19(21-18(24)27)6-2-1-3-7-19)13-31-16-5-4-14(12-20-16)32(28,29)23-8-10-30-11-9-23/h4-5,12H,1-3,6-11,13H2,(H,21,27)(H,22,25). The van der Waals surface area contributed by atoms with Gasteiger partial charge in [0.25, 0.3) is 5.91 Å². The number of urea groups is 1. The molecule has 1 spiro atoms. The van der Waals surface area contributed by atoms with Crippen molar-refractivity contribution in [2.75, 3.05) is 32.1 Å². The minimum atomic E-state index is -3.64. The van der Waals surface area contributed by atoms with Crippen molar-refractivity contribution in [3.63, 3.8) is 0 Å². The minimum absolute atomic E-state index is 0.0744. The number of hydrogen-bond donors (Lipinski definition) is 2. The van der Waals surface area contributed by atoms with Gasteiger partial charge >= 0.3 is 6.03 Å². The third kappa shape index (κ3) is 4.60. The summed E-state index contributed by atoms with van der Waals surface area (Å²) in [5.41, 5.74) is 1.47. The van der Waals surface area contributed by atoms with Crippen molar-refractivity contribution < 1.29 is 27.5 Å². The lowest BCUT2D eigenvalue weighted by molar-refractivity contribution is -0.139. The van der Waals surface area contributed by atoms with Crippen LogP contribution in [-0.2, 0) is 24.3 Å². The normalized spacial score (nSPS) is 21.6. The highest BCUT2D eigenvalue weighted by atomic mass is 32.2. The van der Waals surface area contributed by atoms with Crippen molar-refractivity contribution >= 4 is 39.6 Å². The number of aromatic nitrogens is 1. The van der Waals surface area contributed by atoms with Gasteiger partial charge < -0.3 is 10.1 Å². The molecule has 2 N–H and O–H groups in total. The maximum atomic E-state index is 12.7. The smallest absolute Gasteiger partial charge is 0.344 e. The number of carbonyl (C=O) groups excluding carboxylic acids is 3. The second kappa shape index (κ2) is 9.33. The molecule has 2 aliphatic heterocycles. The van der Waals surface area contributed by atoms with Crippen molar-refractivity contribution in [1.29, 1.82) is 0 Å². The lowest BCUT2D eigenvalue weighted by atomic mass is 9.82. The Hall–Kier alpha value is -2.22. The van der Waals surface area contributed by atoms with Crippen LogP contribution in [0.3, 0.4) is 0 Å². The Morgan fingerprint density at radius 1 is 1.19 bits per heavy atom. The average Bonchev–Trinajstić information content (AvgIpc) is 3.02. The number of ether oxygens (including phenoxy) is 1. The van der Waals surface area contributed by atoms with Crippen LogP contribution in [0.5, 0.6) is 0 Å². The second-order valence-electron chi connectivity index (χ2n) is 7.89. The first kappa shape index (κ1) is 23.0. The van der Waals surface area contributed by atoms with Gasteiger partial charge in [0.2, 0.25) is 15.9 Å². The number of nitrogens with zero attached hydrogens (tertiary/aromatic N) is 3. The Bertz CT molecular complexity index is 988. The van der Waals surface area contributed by atoms with Crippen molar-refractivity contribution in [2.45, 2.75) is 47.6 Å². The lowest BCUT2D eigenvalue weighted by Gasteiger charge is -2.30. The molecule has 1 aromatic rings. The molecule has 0 aromatic carbocycles. The summed E-state index contributed by atoms with van der Waals surface area (Å²) in [4.78, 5) is 41.4. The fourth-order valence-electron chi connectivity index (χ4n) is 4.05. The van der Waals surface area contributed by atoms with Crippen molar-refractivity contribution in [3.8, 4) is 0 Å². The van der Waals surface area contributed by atoms with Gasteiger partial charge in [0.05, 0.1) is 24.0 Å². The molecule has 4 rings (SSSR count). The van der Waals surface area contributed by atoms with E-state index in [2.05, 4.69) is 15.7 Å². The number of hydrazine groups is 1. The van der Waals surface area contributed by atoms with E-state index in [4.69, 9.17) is 4.74 Å². The molecule has 32 heavy (non-hydrogen) atoms. The van der Waals surface area contributed by atoms with E-state index in [9.17, 15) is 22.8 Å². The van der Waals surface area contributed by atoms with Gasteiger partial charge in [0, 0.05) is 19.3 Å². The zero-order chi connectivity index (χ0) is 22.8. The highest BCUT2D eigenvalue weighted by Gasteiger charge is 2.52. The second-order valence-corrected chi connectivity index (χ2v) is 10.8. The van der Waals surface area contributed by atoms with Crippen LogP contribution < -0.4 is 10.7 Å². The molecule has 0 bridgehead atoms. The summed E-state index contributed by atoms with van der Waals surface area (Å²) in [5, 5.41) is 3.94. The van der Waals surface area contributed by atoms with Gasteiger partial charge in [-0.15, -0.1) is 0 Å². The lowest BCUT2D eigenvalue weighted by Crippen LogP contribution is -2.51. The number of sulfonamides is 1. The third-order valence-electron chi connectivity index (χ3n) is 5.77. The van der Waals surface area contributed by atoms with Gasteiger partial charge in [-0.25, -0.2) is 18.2 Å². The largest absolute Gasteiger partial charge is 0.379 e. The topological polar surface area (TPSA) is 138 Å². The number of carbonyl (C=O) groups is 3. The average molecular weight is 484 g/mol. The highest BCUT2D eigenvalue weighted by molar-refractivity contribution is 7.99. The summed E-state index contributed by atoms with van der Waals surface area (Å²) in [7, 11) is -3.64. The van der Waals surface area contributed by atoms with Crippen LogP contribution in [-0.4, -0.2) is 78.2 Å². The maximum absolute atomic E-state index is 12.7. The van der Waals surface area contributed by atoms with Gasteiger partial charge in [-0.3, -0.25) is 15.0 Å². The van der Waals surface area contributed by atoms with E-state index in [1.807, 2.05) is 0 Å². The molecule has 3 heterocycles. The number of pyridine rings is 1. The van der Waals surface area contributed by atoms with Crippen LogP contribution >= 0.6 is 11.8 Å². The molecule has 174 valence electrons. The SMILES string of the molecule is O=C(CSc1ccc(S(=O)(=O)N2CCOCC2)cn1)NN1C(=O)NC2(CCCCC2)C1=O. The minimum Gasteiger partial charge on any atom is -0.379 e. The molecule has 0 unspecified atom stereocenters. The fraction of sp³-hybridized carbons (Fsp3) is 0.579. The molecule has 1 aromatic heterocycles. The molecular formula is C19H25N5O6S2. The van der Waals surface area contributed by atoms with Crippen LogP contribution in [0.1, 0.15) is 32.1 Å². The number of hydrogen-bond acceptors (Lipinski definition) is 8. The molecule has 11 nitrogen and oxygen atoms in total. The van der Waals surface area contributed by atoms with Gasteiger partial charge in [-0.1, -0.05) is 31.0 Å². The van der Waals surface area contributed by atoms with Gasteiger partial charge in [0.15, 0.2) is 0 Å². The molecule has 0 atom stereocenters. The van der Waals surface area contributed by atoms with E-state index in [0.29, 0.717) is 44.2 Å². The Balaban J connectivity index is 1.31. The summed E-state index contributed by atoms with van der Waals surface area (Å²) in [6.07, 6.45) is 5.13. The zero-order valence-electron chi connectivity index (χ0n) is 17.4. The molecule has 4 amide bonds. The van der Waals surface area contributed by atoms with Crippen molar-refractivity contribution in [3.05, 3.63) is 18.3 Å². The fourth-order valence-corrected chi connectivity index (χ4v) is 6.04. The van der Waals surface area contributed by atoms with E-state index < -0.39 is 33.4 Å². The molecular weight excluding hydrogens is 458 g/mol. The molecule has 3 fully saturated rings.